The molecule has 0 aliphatic carbocycles. The number of nitrogens with one attached hydrogen (secondary N) is 1. The molecule has 0 saturated carbocycles. The summed E-state index contributed by atoms with van der Waals surface area (Å²) in [6, 6.07) is 7.86. The van der Waals surface area contributed by atoms with Crippen LogP contribution in [0.1, 0.15) is 65.7 Å². The lowest BCUT2D eigenvalue weighted by Crippen LogP contribution is -2.60. The van der Waals surface area contributed by atoms with E-state index in [1.54, 1.807) is 0 Å². The van der Waals surface area contributed by atoms with Gasteiger partial charge in [-0.3, -0.25) is 14.4 Å². The van der Waals surface area contributed by atoms with Crippen LogP contribution in [0.2, 0.25) is 0 Å². The SMILES string of the molecule is CC(C)[C@@H]1CC[C@@H](C)CC(=O)N2C[C@H]3C[C@@H](CN(C(=O)Cn4nc5ccccc5n4)C3)[C@@H]2CCCC(=O)N1. The summed E-state index contributed by atoms with van der Waals surface area (Å²) in [4.78, 5) is 45.2. The third-order valence-electron chi connectivity index (χ3n) is 8.80. The Morgan fingerprint density at radius 2 is 1.79 bits per heavy atom. The van der Waals surface area contributed by atoms with Crippen molar-refractivity contribution in [3.8, 4) is 0 Å². The lowest BCUT2D eigenvalue weighted by Gasteiger charge is -2.51. The van der Waals surface area contributed by atoms with E-state index in [1.165, 1.54) is 4.80 Å². The maximum Gasteiger partial charge on any atom is 0.246 e. The summed E-state index contributed by atoms with van der Waals surface area (Å²) in [5.41, 5.74) is 1.57. The minimum atomic E-state index is 0.0251. The summed E-state index contributed by atoms with van der Waals surface area (Å²) in [5, 5.41) is 12.2. The quantitative estimate of drug-likeness (QED) is 0.667. The summed E-state index contributed by atoms with van der Waals surface area (Å²) in [5.74, 6) is 1.53. The van der Waals surface area contributed by atoms with Crippen molar-refractivity contribution in [2.24, 2.45) is 23.7 Å². The first kappa shape index (κ1) is 26.6. The molecule has 1 aromatic carbocycles. The van der Waals surface area contributed by atoms with E-state index in [1.807, 2.05) is 29.2 Å². The van der Waals surface area contributed by atoms with E-state index in [2.05, 4.69) is 41.2 Å². The first-order chi connectivity index (χ1) is 18.3. The topological polar surface area (TPSA) is 100 Å². The Balaban J connectivity index is 1.28. The number of carbonyl (C=O) groups is 3. The van der Waals surface area contributed by atoms with Gasteiger partial charge in [0.1, 0.15) is 17.6 Å². The van der Waals surface area contributed by atoms with Gasteiger partial charge in [0.05, 0.1) is 0 Å². The summed E-state index contributed by atoms with van der Waals surface area (Å²) in [6.45, 7) is 8.58. The van der Waals surface area contributed by atoms with Crippen LogP contribution in [0.4, 0.5) is 0 Å². The maximum atomic E-state index is 13.6. The zero-order valence-corrected chi connectivity index (χ0v) is 23.0. The minimum absolute atomic E-state index is 0.0251. The van der Waals surface area contributed by atoms with Crippen LogP contribution in [-0.4, -0.2) is 74.2 Å². The van der Waals surface area contributed by atoms with Crippen LogP contribution >= 0.6 is 0 Å². The van der Waals surface area contributed by atoms with Gasteiger partial charge in [-0.25, -0.2) is 0 Å². The zero-order chi connectivity index (χ0) is 26.8. The normalized spacial score (nSPS) is 29.3. The van der Waals surface area contributed by atoms with Crippen LogP contribution in [0.15, 0.2) is 24.3 Å². The highest BCUT2D eigenvalue weighted by Gasteiger charge is 2.43. The molecule has 1 N–H and O–H groups in total. The summed E-state index contributed by atoms with van der Waals surface area (Å²) < 4.78 is 0. The molecule has 206 valence electrons. The van der Waals surface area contributed by atoms with E-state index in [0.29, 0.717) is 38.4 Å². The van der Waals surface area contributed by atoms with Gasteiger partial charge in [-0.1, -0.05) is 32.9 Å². The molecule has 0 radical (unpaired) electrons. The van der Waals surface area contributed by atoms with Crippen LogP contribution in [0.3, 0.4) is 0 Å². The second-order valence-corrected chi connectivity index (χ2v) is 12.2. The van der Waals surface area contributed by atoms with Gasteiger partial charge < -0.3 is 15.1 Å². The van der Waals surface area contributed by atoms with Crippen molar-refractivity contribution in [1.82, 2.24) is 30.1 Å². The third-order valence-corrected chi connectivity index (χ3v) is 8.80. The van der Waals surface area contributed by atoms with Gasteiger partial charge in [0.15, 0.2) is 0 Å². The fourth-order valence-corrected chi connectivity index (χ4v) is 6.71. The van der Waals surface area contributed by atoms with E-state index in [4.69, 9.17) is 0 Å². The Labute approximate surface area is 225 Å². The summed E-state index contributed by atoms with van der Waals surface area (Å²) in [6.07, 6.45) is 5.44. The number of carbonyl (C=O) groups excluding carboxylic acids is 3. The first-order valence-corrected chi connectivity index (χ1v) is 14.4. The van der Waals surface area contributed by atoms with E-state index >= 15 is 0 Å². The van der Waals surface area contributed by atoms with Crippen LogP contribution in [0, 0.1) is 23.7 Å². The number of piperidine rings is 2. The predicted molar refractivity (Wildman–Crippen MR) is 145 cm³/mol. The fraction of sp³-hybridized carbons (Fsp3) is 0.690. The average Bonchev–Trinajstić information content (AvgIpc) is 3.29. The first-order valence-electron chi connectivity index (χ1n) is 14.4. The lowest BCUT2D eigenvalue weighted by molar-refractivity contribution is -0.146. The Bertz CT molecular complexity index is 1130. The lowest BCUT2D eigenvalue weighted by atomic mass is 9.77. The van der Waals surface area contributed by atoms with Crippen molar-refractivity contribution in [1.29, 1.82) is 0 Å². The molecule has 38 heavy (non-hydrogen) atoms. The number of likely N-dealkylation sites (tertiary alicyclic amines) is 1. The van der Waals surface area contributed by atoms with Crippen molar-refractivity contribution in [2.75, 3.05) is 19.6 Å². The molecule has 5 rings (SSSR count). The predicted octanol–water partition coefficient (Wildman–Crippen LogP) is 3.24. The Morgan fingerprint density at radius 3 is 2.50 bits per heavy atom. The van der Waals surface area contributed by atoms with Crippen LogP contribution < -0.4 is 5.32 Å². The highest BCUT2D eigenvalue weighted by Crippen LogP contribution is 2.36. The zero-order valence-electron chi connectivity index (χ0n) is 23.0. The molecule has 0 spiro atoms. The molecule has 3 saturated heterocycles. The second-order valence-electron chi connectivity index (χ2n) is 12.2. The standard InChI is InChI=1S/C29H42N6O3/c1-19(2)23-12-11-20(3)13-28(37)34-16-21-14-22(26(34)9-6-10-27(36)30-23)17-33(15-21)29(38)18-35-31-24-7-4-5-8-25(24)32-35/h4-5,7-8,19-23,26H,6,9-18H2,1-3H3,(H,30,36)/t20-,21+,22+,23+,26+/m1/s1. The van der Waals surface area contributed by atoms with Crippen molar-refractivity contribution >= 4 is 28.8 Å². The second kappa shape index (κ2) is 11.4. The van der Waals surface area contributed by atoms with E-state index in [0.717, 1.165) is 43.1 Å². The largest absolute Gasteiger partial charge is 0.353 e. The molecule has 9 nitrogen and oxygen atoms in total. The van der Waals surface area contributed by atoms with Gasteiger partial charge in [-0.05, 0) is 67.9 Å². The molecule has 5 atom stereocenters. The highest BCUT2D eigenvalue weighted by atomic mass is 16.2. The molecule has 2 bridgehead atoms. The number of nitrogens with zero attached hydrogens (tertiary/aromatic N) is 5. The number of benzene rings is 1. The molecule has 0 unspecified atom stereocenters. The van der Waals surface area contributed by atoms with E-state index < -0.39 is 0 Å². The molecular weight excluding hydrogens is 480 g/mol. The van der Waals surface area contributed by atoms with Gasteiger partial charge in [-0.2, -0.15) is 15.0 Å². The Hall–Kier alpha value is -2.97. The van der Waals surface area contributed by atoms with Crippen LogP contribution in [-0.2, 0) is 20.9 Å². The highest BCUT2D eigenvalue weighted by molar-refractivity contribution is 5.79. The van der Waals surface area contributed by atoms with Crippen molar-refractivity contribution < 1.29 is 14.4 Å². The molecule has 9 heteroatoms. The Morgan fingerprint density at radius 1 is 1.05 bits per heavy atom. The van der Waals surface area contributed by atoms with Gasteiger partial charge in [-0.15, -0.1) is 0 Å². The van der Waals surface area contributed by atoms with Gasteiger partial charge in [0.2, 0.25) is 17.7 Å². The van der Waals surface area contributed by atoms with Gasteiger partial charge in [0, 0.05) is 44.6 Å². The van der Waals surface area contributed by atoms with E-state index in [-0.39, 0.29) is 54.1 Å². The molecule has 3 fully saturated rings. The molecule has 4 heterocycles. The number of aromatic nitrogens is 3. The number of rotatable bonds is 3. The Kier molecular flexibility index (Phi) is 8.00. The number of hydrogen-bond donors (Lipinski definition) is 1. The minimum Gasteiger partial charge on any atom is -0.353 e. The molecule has 3 aliphatic rings. The molecule has 2 aromatic rings. The number of amides is 3. The molecule has 3 aliphatic heterocycles. The average molecular weight is 523 g/mol. The monoisotopic (exact) mass is 522 g/mol. The third kappa shape index (κ3) is 6.02. The number of fused-ring (bicyclic) bond motifs is 5. The van der Waals surface area contributed by atoms with Crippen molar-refractivity contribution in [3.63, 3.8) is 0 Å². The van der Waals surface area contributed by atoms with Crippen molar-refractivity contribution in [2.45, 2.75) is 84.3 Å². The molecular formula is C29H42N6O3. The maximum absolute atomic E-state index is 13.6. The van der Waals surface area contributed by atoms with Gasteiger partial charge in [0.25, 0.3) is 0 Å². The van der Waals surface area contributed by atoms with Crippen LogP contribution in [0.5, 0.6) is 0 Å². The summed E-state index contributed by atoms with van der Waals surface area (Å²) in [7, 11) is 0. The van der Waals surface area contributed by atoms with E-state index in [9.17, 15) is 14.4 Å². The summed E-state index contributed by atoms with van der Waals surface area (Å²) >= 11 is 0. The van der Waals surface area contributed by atoms with Crippen molar-refractivity contribution in [3.05, 3.63) is 24.3 Å². The molecule has 3 amide bonds. The number of hydrogen-bond acceptors (Lipinski definition) is 5. The van der Waals surface area contributed by atoms with Crippen LogP contribution in [0.25, 0.3) is 11.0 Å². The molecule has 1 aromatic heterocycles. The smallest absolute Gasteiger partial charge is 0.246 e. The fourth-order valence-electron chi connectivity index (χ4n) is 6.71. The van der Waals surface area contributed by atoms with Gasteiger partial charge >= 0.3 is 0 Å².